The summed E-state index contributed by atoms with van der Waals surface area (Å²) >= 11 is 0. The van der Waals surface area contributed by atoms with Crippen molar-refractivity contribution >= 4 is 49.2 Å². The van der Waals surface area contributed by atoms with Crippen LogP contribution in [-0.4, -0.2) is 51.0 Å². The molecule has 0 aliphatic carbocycles. The molecule has 4 aromatic carbocycles. The molecule has 0 saturated heterocycles. The molecular formula is C44H48N4. The fourth-order valence-corrected chi connectivity index (χ4v) is 4.46. The Morgan fingerprint density at radius 3 is 0.708 bits per heavy atom. The predicted molar refractivity (Wildman–Crippen MR) is 214 cm³/mol. The summed E-state index contributed by atoms with van der Waals surface area (Å²) in [5, 5.41) is 0. The second-order valence-electron chi connectivity index (χ2n) is 11.3. The molecule has 4 rings (SSSR count). The minimum Gasteiger partial charge on any atom is -0.291 e. The first-order valence-corrected chi connectivity index (χ1v) is 16.4. The standard InChI is InChI=1S/2C22H24N2/c2*1-19(15-21-9-5-3-6-10-21)17-23-13-14-24-18-20(2)16-22-11-7-4-8-12-22/h2*3-12,15-18H,13-14H2,1-2H3/b2*19-15+,20-16+,23-17?,24-18?. The lowest BCUT2D eigenvalue weighted by atomic mass is 10.1. The largest absolute Gasteiger partial charge is 0.291 e. The van der Waals surface area contributed by atoms with Gasteiger partial charge >= 0.3 is 0 Å². The van der Waals surface area contributed by atoms with E-state index in [2.05, 4.69) is 120 Å². The predicted octanol–water partition coefficient (Wildman–Crippen LogP) is 10.7. The van der Waals surface area contributed by atoms with Crippen molar-refractivity contribution in [3.63, 3.8) is 0 Å². The minimum atomic E-state index is 0.703. The highest BCUT2D eigenvalue weighted by molar-refractivity contribution is 5.86. The molecule has 0 heterocycles. The molecule has 0 saturated carbocycles. The molecule has 4 aromatic rings. The molecule has 0 aliphatic rings. The first kappa shape index (κ1) is 37.0. The van der Waals surface area contributed by atoms with E-state index in [1.165, 1.54) is 22.3 Å². The van der Waals surface area contributed by atoms with Gasteiger partial charge in [-0.3, -0.25) is 20.0 Å². The van der Waals surface area contributed by atoms with Gasteiger partial charge < -0.3 is 0 Å². The van der Waals surface area contributed by atoms with Crippen LogP contribution in [0.15, 0.2) is 164 Å². The van der Waals surface area contributed by atoms with Crippen LogP contribution in [0.25, 0.3) is 24.3 Å². The Balaban J connectivity index is 0.000000260. The molecule has 0 radical (unpaired) electrons. The van der Waals surface area contributed by atoms with Gasteiger partial charge in [0.2, 0.25) is 0 Å². The Hall–Kier alpha value is -5.48. The molecule has 0 spiro atoms. The highest BCUT2D eigenvalue weighted by atomic mass is 14.8. The third kappa shape index (κ3) is 17.3. The van der Waals surface area contributed by atoms with Crippen molar-refractivity contribution in [2.75, 3.05) is 26.2 Å². The van der Waals surface area contributed by atoms with Crippen LogP contribution in [0.1, 0.15) is 49.9 Å². The Morgan fingerprint density at radius 2 is 0.521 bits per heavy atom. The van der Waals surface area contributed by atoms with Gasteiger partial charge in [0.05, 0.1) is 26.2 Å². The average molecular weight is 633 g/mol. The van der Waals surface area contributed by atoms with E-state index < -0.39 is 0 Å². The van der Waals surface area contributed by atoms with Crippen molar-refractivity contribution in [3.8, 4) is 0 Å². The van der Waals surface area contributed by atoms with Crippen LogP contribution in [0.3, 0.4) is 0 Å². The van der Waals surface area contributed by atoms with E-state index in [0.29, 0.717) is 26.2 Å². The van der Waals surface area contributed by atoms with Crippen molar-refractivity contribution in [1.82, 2.24) is 0 Å². The molecule has 0 N–H and O–H groups in total. The number of benzene rings is 4. The van der Waals surface area contributed by atoms with Crippen molar-refractivity contribution in [2.24, 2.45) is 20.0 Å². The van der Waals surface area contributed by atoms with E-state index in [1.54, 1.807) is 0 Å². The van der Waals surface area contributed by atoms with Crippen LogP contribution in [0.5, 0.6) is 0 Å². The molecule has 0 unspecified atom stereocenters. The van der Waals surface area contributed by atoms with E-state index in [9.17, 15) is 0 Å². The van der Waals surface area contributed by atoms with E-state index in [-0.39, 0.29) is 0 Å². The number of aliphatic imine (C=N–C) groups is 4. The Labute approximate surface area is 288 Å². The zero-order valence-corrected chi connectivity index (χ0v) is 28.8. The molecule has 0 atom stereocenters. The smallest absolute Gasteiger partial charge is 0.0585 e. The second kappa shape index (κ2) is 22.9. The maximum absolute atomic E-state index is 4.42. The van der Waals surface area contributed by atoms with E-state index in [1.807, 2.05) is 97.7 Å². The second-order valence-corrected chi connectivity index (χ2v) is 11.3. The van der Waals surface area contributed by atoms with Crippen molar-refractivity contribution in [3.05, 3.63) is 166 Å². The van der Waals surface area contributed by atoms with Gasteiger partial charge in [0.25, 0.3) is 0 Å². The summed E-state index contributed by atoms with van der Waals surface area (Å²) < 4.78 is 0. The molecule has 48 heavy (non-hydrogen) atoms. The quantitative estimate of drug-likeness (QED) is 0.0981. The zero-order valence-electron chi connectivity index (χ0n) is 28.8. The number of hydrogen-bond acceptors (Lipinski definition) is 4. The number of rotatable bonds is 14. The molecule has 4 heteroatoms. The molecule has 0 amide bonds. The van der Waals surface area contributed by atoms with Crippen LogP contribution >= 0.6 is 0 Å². The van der Waals surface area contributed by atoms with Crippen LogP contribution in [0, 0.1) is 0 Å². The number of hydrogen-bond donors (Lipinski definition) is 0. The summed E-state index contributed by atoms with van der Waals surface area (Å²) in [7, 11) is 0. The molecular weight excluding hydrogens is 585 g/mol. The maximum atomic E-state index is 4.42. The lowest BCUT2D eigenvalue weighted by molar-refractivity contribution is 0.984. The summed E-state index contributed by atoms with van der Waals surface area (Å²) in [4.78, 5) is 17.7. The first-order valence-electron chi connectivity index (χ1n) is 16.4. The molecule has 4 nitrogen and oxygen atoms in total. The fourth-order valence-electron chi connectivity index (χ4n) is 4.46. The summed E-state index contributed by atoms with van der Waals surface area (Å²) in [6.45, 7) is 11.1. The van der Waals surface area contributed by atoms with Gasteiger partial charge in [0.15, 0.2) is 0 Å². The van der Waals surface area contributed by atoms with Crippen LogP contribution < -0.4 is 0 Å². The highest BCUT2D eigenvalue weighted by Crippen LogP contribution is 2.07. The molecule has 0 bridgehead atoms. The lowest BCUT2D eigenvalue weighted by Gasteiger charge is -1.95. The van der Waals surface area contributed by atoms with Gasteiger partial charge in [0, 0.05) is 24.9 Å². The van der Waals surface area contributed by atoms with Gasteiger partial charge in [0.1, 0.15) is 0 Å². The van der Waals surface area contributed by atoms with Crippen LogP contribution in [0.4, 0.5) is 0 Å². The van der Waals surface area contributed by atoms with E-state index >= 15 is 0 Å². The number of allylic oxidation sites excluding steroid dienone is 4. The molecule has 0 aromatic heterocycles. The van der Waals surface area contributed by atoms with Gasteiger partial charge in [-0.1, -0.05) is 146 Å². The van der Waals surface area contributed by atoms with Crippen molar-refractivity contribution in [2.45, 2.75) is 27.7 Å². The normalized spacial score (nSPS) is 13.1. The van der Waals surface area contributed by atoms with Gasteiger partial charge in [-0.15, -0.1) is 0 Å². The summed E-state index contributed by atoms with van der Waals surface area (Å²) in [6.07, 6.45) is 16.1. The topological polar surface area (TPSA) is 49.4 Å². The average Bonchev–Trinajstić information content (AvgIpc) is 3.10. The first-order chi connectivity index (χ1) is 23.5. The highest BCUT2D eigenvalue weighted by Gasteiger charge is 1.90. The lowest BCUT2D eigenvalue weighted by Crippen LogP contribution is -1.90. The van der Waals surface area contributed by atoms with Crippen LogP contribution in [-0.2, 0) is 0 Å². The number of nitrogens with zero attached hydrogens (tertiary/aromatic N) is 4. The monoisotopic (exact) mass is 632 g/mol. The van der Waals surface area contributed by atoms with E-state index in [4.69, 9.17) is 0 Å². The minimum absolute atomic E-state index is 0.703. The van der Waals surface area contributed by atoms with Gasteiger partial charge in [-0.25, -0.2) is 0 Å². The summed E-state index contributed by atoms with van der Waals surface area (Å²) in [5.74, 6) is 0. The Kier molecular flexibility index (Phi) is 17.7. The molecule has 244 valence electrons. The Bertz CT molecular complexity index is 1450. The van der Waals surface area contributed by atoms with Crippen molar-refractivity contribution < 1.29 is 0 Å². The van der Waals surface area contributed by atoms with E-state index in [0.717, 1.165) is 22.3 Å². The van der Waals surface area contributed by atoms with Crippen molar-refractivity contribution in [1.29, 1.82) is 0 Å². The third-order valence-electron chi connectivity index (χ3n) is 6.67. The zero-order chi connectivity index (χ0) is 34.1. The molecule has 0 fully saturated rings. The summed E-state index contributed by atoms with van der Waals surface area (Å²) in [5.41, 5.74) is 9.36. The molecule has 0 aliphatic heterocycles. The SMILES string of the molecule is C/C(C=NCCN=C/C(C)=C/c1ccccc1)=C\c1ccccc1.C/C(C=NCCN=C/C(C)=C/c1ccccc1)=C\c1ccccc1. The van der Waals surface area contributed by atoms with Gasteiger partial charge in [-0.05, 0) is 72.2 Å². The third-order valence-corrected chi connectivity index (χ3v) is 6.67. The van der Waals surface area contributed by atoms with Gasteiger partial charge in [-0.2, -0.15) is 0 Å². The van der Waals surface area contributed by atoms with Crippen LogP contribution in [0.2, 0.25) is 0 Å². The summed E-state index contributed by atoms with van der Waals surface area (Å²) in [6, 6.07) is 41.1. The fraction of sp³-hybridized carbons (Fsp3) is 0.182. The maximum Gasteiger partial charge on any atom is 0.0585 e. The Morgan fingerprint density at radius 1 is 0.333 bits per heavy atom.